The molecule has 0 amide bonds. The summed E-state index contributed by atoms with van der Waals surface area (Å²) in [4.78, 5) is 0. The van der Waals surface area contributed by atoms with Gasteiger partial charge >= 0.3 is 0 Å². The van der Waals surface area contributed by atoms with Crippen molar-refractivity contribution in [3.05, 3.63) is 35.9 Å². The molecular weight excluding hydrogens is 210 g/mol. The molecule has 0 saturated heterocycles. The number of nitrogens with one attached hydrogen (secondary N) is 1. The van der Waals surface area contributed by atoms with Crippen LogP contribution in [-0.4, -0.2) is 17.8 Å². The molecular formula is C15H25NO. The van der Waals surface area contributed by atoms with Crippen LogP contribution in [0.15, 0.2) is 30.3 Å². The van der Waals surface area contributed by atoms with Gasteiger partial charge in [-0.05, 0) is 24.3 Å². The molecule has 2 atom stereocenters. The molecule has 0 aliphatic carbocycles. The molecule has 1 rings (SSSR count). The van der Waals surface area contributed by atoms with Crippen molar-refractivity contribution in [3.8, 4) is 0 Å². The molecule has 0 saturated carbocycles. The van der Waals surface area contributed by atoms with Gasteiger partial charge in [-0.2, -0.15) is 0 Å². The number of hydrogen-bond acceptors (Lipinski definition) is 2. The van der Waals surface area contributed by atoms with Gasteiger partial charge < -0.3 is 10.4 Å². The summed E-state index contributed by atoms with van der Waals surface area (Å²) in [6, 6.07) is 11.0. The van der Waals surface area contributed by atoms with Gasteiger partial charge in [0.25, 0.3) is 0 Å². The summed E-state index contributed by atoms with van der Waals surface area (Å²) < 4.78 is 0. The van der Waals surface area contributed by atoms with Gasteiger partial charge in [0.2, 0.25) is 0 Å². The van der Waals surface area contributed by atoms with Crippen LogP contribution >= 0.6 is 0 Å². The van der Waals surface area contributed by atoms with E-state index in [1.165, 1.54) is 5.56 Å². The predicted molar refractivity (Wildman–Crippen MR) is 72.9 cm³/mol. The summed E-state index contributed by atoms with van der Waals surface area (Å²) in [6.07, 6.45) is 2.05. The van der Waals surface area contributed by atoms with Gasteiger partial charge in [0.05, 0.1) is 6.61 Å². The molecule has 0 spiro atoms. The highest BCUT2D eigenvalue weighted by Crippen LogP contribution is 2.18. The van der Waals surface area contributed by atoms with E-state index >= 15 is 0 Å². The maximum Gasteiger partial charge on any atom is 0.0584 e. The SMILES string of the molecule is CCC(NC(CO)CC(C)C)c1ccccc1. The summed E-state index contributed by atoms with van der Waals surface area (Å²) in [6.45, 7) is 6.76. The van der Waals surface area contributed by atoms with E-state index in [1.807, 2.05) is 6.07 Å². The Kier molecular flexibility index (Phi) is 6.23. The van der Waals surface area contributed by atoms with Gasteiger partial charge in [0.1, 0.15) is 0 Å². The lowest BCUT2D eigenvalue weighted by Crippen LogP contribution is -2.36. The molecule has 2 nitrogen and oxygen atoms in total. The minimum Gasteiger partial charge on any atom is -0.395 e. The highest BCUT2D eigenvalue weighted by Gasteiger charge is 2.15. The zero-order valence-electron chi connectivity index (χ0n) is 11.2. The molecule has 1 aromatic rings. The van der Waals surface area contributed by atoms with Crippen molar-refractivity contribution >= 4 is 0 Å². The molecule has 0 bridgehead atoms. The highest BCUT2D eigenvalue weighted by atomic mass is 16.3. The molecule has 0 aromatic heterocycles. The summed E-state index contributed by atoms with van der Waals surface area (Å²) >= 11 is 0. The molecule has 0 aliphatic rings. The Balaban J connectivity index is 2.62. The smallest absolute Gasteiger partial charge is 0.0584 e. The Labute approximate surface area is 105 Å². The van der Waals surface area contributed by atoms with Crippen LogP contribution in [0.4, 0.5) is 0 Å². The summed E-state index contributed by atoms with van der Waals surface area (Å²) in [5, 5.41) is 13.0. The van der Waals surface area contributed by atoms with E-state index in [0.717, 1.165) is 12.8 Å². The number of aliphatic hydroxyl groups is 1. The van der Waals surface area contributed by atoms with Crippen molar-refractivity contribution < 1.29 is 5.11 Å². The van der Waals surface area contributed by atoms with E-state index in [2.05, 4.69) is 50.4 Å². The molecule has 1 aromatic carbocycles. The molecule has 0 fully saturated rings. The summed E-state index contributed by atoms with van der Waals surface area (Å²) in [7, 11) is 0. The fourth-order valence-electron chi connectivity index (χ4n) is 2.18. The van der Waals surface area contributed by atoms with Crippen molar-refractivity contribution in [2.24, 2.45) is 5.92 Å². The van der Waals surface area contributed by atoms with Crippen molar-refractivity contribution in [2.75, 3.05) is 6.61 Å². The zero-order valence-corrected chi connectivity index (χ0v) is 11.2. The maximum absolute atomic E-state index is 9.40. The van der Waals surface area contributed by atoms with Gasteiger partial charge in [0, 0.05) is 12.1 Å². The van der Waals surface area contributed by atoms with Gasteiger partial charge in [-0.1, -0.05) is 51.1 Å². The second-order valence-electron chi connectivity index (χ2n) is 5.05. The fraction of sp³-hybridized carbons (Fsp3) is 0.600. The van der Waals surface area contributed by atoms with Crippen LogP contribution in [0, 0.1) is 5.92 Å². The van der Waals surface area contributed by atoms with E-state index in [9.17, 15) is 5.11 Å². The van der Waals surface area contributed by atoms with E-state index in [-0.39, 0.29) is 12.6 Å². The number of rotatable bonds is 7. The first-order valence-corrected chi connectivity index (χ1v) is 6.59. The Morgan fingerprint density at radius 1 is 1.18 bits per heavy atom. The standard InChI is InChI=1S/C15H25NO/c1-4-15(13-8-6-5-7-9-13)16-14(11-17)10-12(2)3/h5-9,12,14-17H,4,10-11H2,1-3H3. The second-order valence-corrected chi connectivity index (χ2v) is 5.05. The van der Waals surface area contributed by atoms with Crippen LogP contribution in [0.3, 0.4) is 0 Å². The molecule has 2 unspecified atom stereocenters. The topological polar surface area (TPSA) is 32.3 Å². The van der Waals surface area contributed by atoms with Crippen LogP contribution < -0.4 is 5.32 Å². The van der Waals surface area contributed by atoms with Crippen LogP contribution in [0.2, 0.25) is 0 Å². The second kappa shape index (κ2) is 7.46. The van der Waals surface area contributed by atoms with Crippen LogP contribution in [-0.2, 0) is 0 Å². The van der Waals surface area contributed by atoms with Crippen molar-refractivity contribution in [2.45, 2.75) is 45.7 Å². The summed E-state index contributed by atoms with van der Waals surface area (Å²) in [5.74, 6) is 0.605. The van der Waals surface area contributed by atoms with E-state index in [1.54, 1.807) is 0 Å². The first kappa shape index (κ1) is 14.2. The largest absolute Gasteiger partial charge is 0.395 e. The lowest BCUT2D eigenvalue weighted by molar-refractivity contribution is 0.212. The van der Waals surface area contributed by atoms with Gasteiger partial charge in [-0.25, -0.2) is 0 Å². The van der Waals surface area contributed by atoms with E-state index < -0.39 is 0 Å². The lowest BCUT2D eigenvalue weighted by Gasteiger charge is -2.25. The molecule has 2 N–H and O–H groups in total. The molecule has 0 heterocycles. The Morgan fingerprint density at radius 2 is 1.82 bits per heavy atom. The van der Waals surface area contributed by atoms with Gasteiger partial charge in [-0.3, -0.25) is 0 Å². The van der Waals surface area contributed by atoms with Gasteiger partial charge in [0.15, 0.2) is 0 Å². The predicted octanol–water partition coefficient (Wildman–Crippen LogP) is 3.13. The zero-order chi connectivity index (χ0) is 12.7. The summed E-state index contributed by atoms with van der Waals surface area (Å²) in [5.41, 5.74) is 1.30. The molecule has 17 heavy (non-hydrogen) atoms. The third-order valence-electron chi connectivity index (χ3n) is 3.02. The maximum atomic E-state index is 9.40. The average molecular weight is 235 g/mol. The molecule has 2 heteroatoms. The monoisotopic (exact) mass is 235 g/mol. The normalized spacial score (nSPS) is 14.9. The van der Waals surface area contributed by atoms with Crippen LogP contribution in [0.25, 0.3) is 0 Å². The van der Waals surface area contributed by atoms with Crippen molar-refractivity contribution in [1.82, 2.24) is 5.32 Å². The number of hydrogen-bond donors (Lipinski definition) is 2. The lowest BCUT2D eigenvalue weighted by atomic mass is 10.00. The quantitative estimate of drug-likeness (QED) is 0.761. The molecule has 96 valence electrons. The number of benzene rings is 1. The van der Waals surface area contributed by atoms with Gasteiger partial charge in [-0.15, -0.1) is 0 Å². The fourth-order valence-corrected chi connectivity index (χ4v) is 2.18. The Morgan fingerprint density at radius 3 is 2.29 bits per heavy atom. The van der Waals surface area contributed by atoms with Crippen molar-refractivity contribution in [1.29, 1.82) is 0 Å². The van der Waals surface area contributed by atoms with Crippen molar-refractivity contribution in [3.63, 3.8) is 0 Å². The van der Waals surface area contributed by atoms with E-state index in [4.69, 9.17) is 0 Å². The minimum absolute atomic E-state index is 0.195. The molecule has 0 radical (unpaired) electrons. The average Bonchev–Trinajstić information content (AvgIpc) is 2.35. The Hall–Kier alpha value is -0.860. The van der Waals surface area contributed by atoms with Crippen LogP contribution in [0.5, 0.6) is 0 Å². The first-order chi connectivity index (χ1) is 8.17. The minimum atomic E-state index is 0.195. The number of aliphatic hydroxyl groups excluding tert-OH is 1. The third-order valence-corrected chi connectivity index (χ3v) is 3.02. The molecule has 0 aliphatic heterocycles. The third kappa shape index (κ3) is 4.88. The Bertz CT molecular complexity index is 297. The van der Waals surface area contributed by atoms with Crippen LogP contribution in [0.1, 0.15) is 45.2 Å². The highest BCUT2D eigenvalue weighted by molar-refractivity contribution is 5.18. The van der Waals surface area contributed by atoms with E-state index in [0.29, 0.717) is 12.0 Å². The first-order valence-electron chi connectivity index (χ1n) is 6.59.